The van der Waals surface area contributed by atoms with E-state index in [9.17, 15) is 19.8 Å². The Morgan fingerprint density at radius 2 is 1.10 bits per heavy atom. The summed E-state index contributed by atoms with van der Waals surface area (Å²) < 4.78 is 31.1. The van der Waals surface area contributed by atoms with Crippen molar-refractivity contribution in [2.24, 2.45) is 11.8 Å². The predicted molar refractivity (Wildman–Crippen MR) is 341 cm³/mol. The lowest BCUT2D eigenvalue weighted by Crippen LogP contribution is -2.13. The molecule has 88 heavy (non-hydrogen) atoms. The number of carbonyl (C=O) groups excluding carboxylic acids is 2. The van der Waals surface area contributed by atoms with E-state index >= 15 is 0 Å². The normalized spacial score (nSPS) is 11.7. The van der Waals surface area contributed by atoms with E-state index in [0.29, 0.717) is 91.0 Å². The minimum atomic E-state index is -0.0641. The Labute approximate surface area is 520 Å². The summed E-state index contributed by atoms with van der Waals surface area (Å²) in [4.78, 5) is 42.9. The van der Waals surface area contributed by atoms with Crippen LogP contribution in [0.1, 0.15) is 108 Å². The number of hydrogen-bond donors (Lipinski definition) is 3. The van der Waals surface area contributed by atoms with Gasteiger partial charge in [0.2, 0.25) is 11.4 Å². The van der Waals surface area contributed by atoms with Gasteiger partial charge in [0, 0.05) is 85.6 Å². The molecule has 0 saturated carbocycles. The average Bonchev–Trinajstić information content (AvgIpc) is 4.21. The first-order valence-corrected chi connectivity index (χ1v) is 29.6. The highest BCUT2D eigenvalue weighted by atomic mass is 79.9. The summed E-state index contributed by atoms with van der Waals surface area (Å²) in [6.45, 7) is 29.8. The molecule has 0 fully saturated rings. The summed E-state index contributed by atoms with van der Waals surface area (Å²) in [6.07, 6.45) is 10.8. The molecule has 3 N–H and O–H groups in total. The maximum atomic E-state index is 13.2. The monoisotopic (exact) mass is 1250 g/mol. The largest absolute Gasteiger partial charge is 0.569 e. The Balaban J connectivity index is 0.000000198. The highest BCUT2D eigenvalue weighted by Crippen LogP contribution is 2.35. The summed E-state index contributed by atoms with van der Waals surface area (Å²) >= 11 is 3.54. The summed E-state index contributed by atoms with van der Waals surface area (Å²) in [6, 6.07) is 34.3. The third-order valence-corrected chi connectivity index (χ3v) is 15.1. The Hall–Kier alpha value is -9.18. The molecular weight excluding hydrogens is 1180 g/mol. The number of aromatic nitrogens is 6. The van der Waals surface area contributed by atoms with E-state index < -0.39 is 0 Å². The standard InChI is InChI=1S/C34H34N4O4.C29H28BrN3O3.C5H7BNO3/c1-21(2)41-32-13-12-27(19-29(32)35-5)31(40)18-25(14-16-39)17-24-8-10-26(11-9-24)30-20-38-15-6-7-28(34(38)36-30)33-22(3)37-42-23(33)4;1-19(2)36-28-11-10-23(17-25(28)31-3)27(35)16-21(12-14-34)15-20-6-8-22(9-7-20)26-18-33-13-4-5-24(30)29(33)32-26;1-3-5(9-6-8)4(2)10-7-3/h6-13,15,19-21,25,39H,14,16-18H2,1-4H3;4-11,13,17-19,21,34H,12,14-16H2,1-2H3;8H,1-2H3/t25-;21-;/m11./s1. The number of rotatable bonds is 23. The maximum absolute atomic E-state index is 13.2. The summed E-state index contributed by atoms with van der Waals surface area (Å²) in [7, 11) is 0.604. The van der Waals surface area contributed by atoms with Gasteiger partial charge in [-0.2, -0.15) is 0 Å². The van der Waals surface area contributed by atoms with Gasteiger partial charge in [0.25, 0.3) is 0 Å². The maximum Gasteiger partial charge on any atom is 0.569 e. The van der Waals surface area contributed by atoms with E-state index in [4.69, 9.17) is 46.7 Å². The first-order valence-electron chi connectivity index (χ1n) is 28.8. The van der Waals surface area contributed by atoms with Crippen LogP contribution < -0.4 is 14.1 Å². The number of Topliss-reactive ketones (excluding diaryl/α,β-unsaturated/α-hetero) is 2. The van der Waals surface area contributed by atoms with Crippen molar-refractivity contribution in [1.82, 2.24) is 29.1 Å². The van der Waals surface area contributed by atoms with Crippen molar-refractivity contribution in [2.75, 3.05) is 13.2 Å². The zero-order chi connectivity index (χ0) is 63.0. The second-order valence-corrected chi connectivity index (χ2v) is 22.7. The van der Waals surface area contributed by atoms with E-state index in [1.807, 2.05) is 124 Å². The number of carbonyl (C=O) groups is 2. The summed E-state index contributed by atoms with van der Waals surface area (Å²) in [5, 5.41) is 35.3. The Kier molecular flexibility index (Phi) is 22.4. The lowest BCUT2D eigenvalue weighted by Gasteiger charge is -2.16. The van der Waals surface area contributed by atoms with Crippen molar-refractivity contribution in [2.45, 2.75) is 106 Å². The minimum absolute atomic E-state index is 0.000781. The van der Waals surface area contributed by atoms with E-state index in [1.165, 1.54) is 0 Å². The Bertz CT molecular complexity index is 4060. The van der Waals surface area contributed by atoms with E-state index in [1.54, 1.807) is 50.2 Å². The van der Waals surface area contributed by atoms with Crippen LogP contribution in [0.3, 0.4) is 0 Å². The molecule has 2 atom stereocenters. The number of imidazole rings is 2. The SMILES string of the molecule is Cc1noc(C)c1O[B]O.[C-]#[N+]c1cc(C(=O)C[C@H](CCO)Cc2ccc(-c3cn4cccc(-c5c(C)noc5C)c4n3)cc2)ccc1OC(C)C.[C-]#[N+]c1cc(C(=O)C[C@H](CCO)Cc2ccc(-c3cn4cccc(Br)c4n3)cc2)ccc1OC(C)C. The van der Waals surface area contributed by atoms with Gasteiger partial charge in [-0.3, -0.25) is 9.59 Å². The van der Waals surface area contributed by atoms with E-state index in [0.717, 1.165) is 72.0 Å². The third-order valence-electron chi connectivity index (χ3n) is 14.5. The van der Waals surface area contributed by atoms with Gasteiger partial charge in [-0.05, 0) is 162 Å². The zero-order valence-corrected chi connectivity index (χ0v) is 52.0. The van der Waals surface area contributed by atoms with Gasteiger partial charge in [-0.25, -0.2) is 19.7 Å². The topological polar surface area (TPSA) is 218 Å². The molecule has 0 unspecified atom stereocenters. The summed E-state index contributed by atoms with van der Waals surface area (Å²) in [5.41, 5.74) is 12.6. The smallest absolute Gasteiger partial charge is 0.534 e. The second kappa shape index (κ2) is 30.4. The van der Waals surface area contributed by atoms with Crippen molar-refractivity contribution in [3.05, 3.63) is 206 Å². The van der Waals surface area contributed by atoms with Crippen LogP contribution in [0.2, 0.25) is 0 Å². The highest BCUT2D eigenvalue weighted by molar-refractivity contribution is 9.10. The number of ether oxygens (including phenoxy) is 2. The number of ketones is 2. The molecule has 0 spiro atoms. The number of hydrogen-bond acceptors (Lipinski definition) is 14. The fourth-order valence-corrected chi connectivity index (χ4v) is 10.7. The molecule has 451 valence electrons. The molecule has 6 heterocycles. The molecule has 0 saturated heterocycles. The number of fused-ring (bicyclic) bond motifs is 2. The van der Waals surface area contributed by atoms with E-state index in [2.05, 4.69) is 64.9 Å². The summed E-state index contributed by atoms with van der Waals surface area (Å²) in [5.74, 6) is 2.62. The number of aliphatic hydroxyl groups excluding tert-OH is 2. The number of nitrogens with zero attached hydrogens (tertiary/aromatic N) is 8. The molecule has 0 amide bonds. The van der Waals surface area contributed by atoms with Gasteiger partial charge in [0.05, 0.1) is 52.5 Å². The van der Waals surface area contributed by atoms with Gasteiger partial charge in [0.1, 0.15) is 28.6 Å². The van der Waals surface area contributed by atoms with Crippen LogP contribution in [0.15, 0.2) is 148 Å². The molecule has 6 aromatic heterocycles. The van der Waals surface area contributed by atoms with Crippen molar-refractivity contribution in [3.8, 4) is 50.9 Å². The highest BCUT2D eigenvalue weighted by Gasteiger charge is 2.22. The fraction of sp³-hybridized carbons (Fsp3) is 0.294. The first kappa shape index (κ1) is 64.8. The number of aryl methyl sites for hydroxylation is 4. The van der Waals surface area contributed by atoms with Gasteiger partial charge in [-0.15, -0.1) is 0 Å². The van der Waals surface area contributed by atoms with Crippen molar-refractivity contribution < 1.29 is 48.0 Å². The van der Waals surface area contributed by atoms with Gasteiger partial charge in [0.15, 0.2) is 28.7 Å². The number of halogens is 1. The molecule has 20 heteroatoms. The van der Waals surface area contributed by atoms with Crippen LogP contribution in [-0.4, -0.2) is 89.0 Å². The van der Waals surface area contributed by atoms with Crippen LogP contribution in [0.25, 0.3) is 54.6 Å². The molecule has 0 aliphatic heterocycles. The number of aliphatic hydroxyl groups is 2. The van der Waals surface area contributed by atoms with Gasteiger partial charge < -0.3 is 47.2 Å². The number of benzene rings is 4. The lowest BCUT2D eigenvalue weighted by atomic mass is 9.89. The molecule has 18 nitrogen and oxygen atoms in total. The van der Waals surface area contributed by atoms with Crippen LogP contribution in [0.4, 0.5) is 11.4 Å². The van der Waals surface area contributed by atoms with Crippen LogP contribution in [-0.2, 0) is 12.8 Å². The van der Waals surface area contributed by atoms with Crippen molar-refractivity contribution >= 4 is 57.9 Å². The predicted octanol–water partition coefficient (Wildman–Crippen LogP) is 14.5. The van der Waals surface area contributed by atoms with Crippen LogP contribution >= 0.6 is 15.9 Å². The molecule has 0 bridgehead atoms. The Morgan fingerprint density at radius 1 is 0.636 bits per heavy atom. The first-order chi connectivity index (χ1) is 42.4. The lowest BCUT2D eigenvalue weighted by molar-refractivity contribution is 0.0944. The second-order valence-electron chi connectivity index (χ2n) is 21.8. The van der Waals surface area contributed by atoms with Gasteiger partial charge in [-0.1, -0.05) is 71.0 Å². The Morgan fingerprint density at radius 3 is 1.52 bits per heavy atom. The molecule has 10 rings (SSSR count). The fourth-order valence-electron chi connectivity index (χ4n) is 10.3. The molecule has 4 aromatic carbocycles. The van der Waals surface area contributed by atoms with E-state index in [-0.39, 0.29) is 55.2 Å². The molecule has 0 aliphatic rings. The van der Waals surface area contributed by atoms with Crippen LogP contribution in [0, 0.1) is 52.7 Å². The van der Waals surface area contributed by atoms with Crippen molar-refractivity contribution in [1.29, 1.82) is 0 Å². The average molecular weight is 1250 g/mol. The zero-order valence-electron chi connectivity index (χ0n) is 50.4. The molecule has 10 aromatic rings. The third kappa shape index (κ3) is 16.5. The molecule has 0 aliphatic carbocycles. The minimum Gasteiger partial charge on any atom is -0.534 e. The van der Waals surface area contributed by atoms with Crippen molar-refractivity contribution in [3.63, 3.8) is 0 Å². The molecular formula is C68H69BBrN8O10. The quantitative estimate of drug-likeness (QED) is 0.0308. The van der Waals surface area contributed by atoms with Gasteiger partial charge >= 0.3 is 7.69 Å². The molecule has 1 radical (unpaired) electrons. The number of pyridine rings is 2. The van der Waals surface area contributed by atoms with Crippen LogP contribution in [0.5, 0.6) is 17.2 Å².